The number of pyridine rings is 1. The highest BCUT2D eigenvalue weighted by Crippen LogP contribution is 2.68. The van der Waals surface area contributed by atoms with Crippen LogP contribution in [0.15, 0.2) is 24.5 Å². The molecule has 8 atom stereocenters. The molecular formula is C29H39NO6. The molecule has 0 saturated heterocycles. The molecule has 4 fully saturated rings. The SMILES string of the molecule is CC(=O)OCC(=O)[C@@]1(O)CCC2C3CC[C@H]4C[C@H](OC(=O)c5cccnc5)CC[C@]4(C)C3CC[C@@]21C. The van der Waals surface area contributed by atoms with Crippen LogP contribution in [0, 0.1) is 34.5 Å². The van der Waals surface area contributed by atoms with Crippen molar-refractivity contribution in [3.05, 3.63) is 30.1 Å². The number of esters is 2. The van der Waals surface area contributed by atoms with Crippen molar-refractivity contribution in [3.8, 4) is 0 Å². The van der Waals surface area contributed by atoms with Gasteiger partial charge in [0.2, 0.25) is 5.78 Å². The van der Waals surface area contributed by atoms with Gasteiger partial charge in [-0.3, -0.25) is 14.6 Å². The van der Waals surface area contributed by atoms with E-state index >= 15 is 0 Å². The van der Waals surface area contributed by atoms with Gasteiger partial charge in [-0.15, -0.1) is 0 Å². The fourth-order valence-corrected chi connectivity index (χ4v) is 8.79. The van der Waals surface area contributed by atoms with E-state index in [1.165, 1.54) is 6.92 Å². The number of rotatable bonds is 5. The van der Waals surface area contributed by atoms with E-state index in [2.05, 4.69) is 18.8 Å². The van der Waals surface area contributed by atoms with Crippen LogP contribution in [0.25, 0.3) is 0 Å². The van der Waals surface area contributed by atoms with E-state index < -0.39 is 17.0 Å². The highest BCUT2D eigenvalue weighted by molar-refractivity contribution is 5.91. The molecule has 4 saturated carbocycles. The van der Waals surface area contributed by atoms with Crippen LogP contribution in [0.2, 0.25) is 0 Å². The molecule has 3 unspecified atom stereocenters. The molecule has 36 heavy (non-hydrogen) atoms. The Bertz CT molecular complexity index is 1030. The summed E-state index contributed by atoms with van der Waals surface area (Å²) in [5.74, 6) is 0.698. The van der Waals surface area contributed by atoms with Gasteiger partial charge in [0.25, 0.3) is 0 Å². The number of aliphatic hydroxyl groups is 1. The van der Waals surface area contributed by atoms with Crippen LogP contribution in [0.1, 0.15) is 88.9 Å². The minimum absolute atomic E-state index is 0.0587. The number of nitrogens with zero attached hydrogens (tertiary/aromatic N) is 1. The van der Waals surface area contributed by atoms with Gasteiger partial charge in [-0.25, -0.2) is 4.79 Å². The minimum atomic E-state index is -1.42. The lowest BCUT2D eigenvalue weighted by Crippen LogP contribution is -2.59. The Balaban J connectivity index is 1.28. The van der Waals surface area contributed by atoms with E-state index in [9.17, 15) is 19.5 Å². The van der Waals surface area contributed by atoms with Crippen LogP contribution in [-0.2, 0) is 19.1 Å². The Morgan fingerprint density at radius 2 is 1.83 bits per heavy atom. The van der Waals surface area contributed by atoms with Crippen LogP contribution in [0.4, 0.5) is 0 Å². The predicted molar refractivity (Wildman–Crippen MR) is 132 cm³/mol. The second-order valence-electron chi connectivity index (χ2n) is 12.3. The number of hydrogen-bond acceptors (Lipinski definition) is 7. The summed E-state index contributed by atoms with van der Waals surface area (Å²) in [5, 5.41) is 11.6. The standard InChI is InChI=1S/C29H39NO6/c1-18(31)35-17-25(32)29(34)13-10-24-22-7-6-20-15-21(36-26(33)19-5-4-14-30-16-19)8-11-27(20,2)23(22)9-12-28(24,29)3/h4-5,14,16,20-24,34H,6-13,15,17H2,1-3H3/t20-,21+,22?,23?,24?,27-,28-,29-/m0/s1. The molecule has 0 amide bonds. The number of ether oxygens (including phenoxy) is 2. The molecule has 1 N–H and O–H groups in total. The first-order valence-corrected chi connectivity index (χ1v) is 13.6. The number of carbonyl (C=O) groups is 3. The molecule has 0 aliphatic heterocycles. The first kappa shape index (κ1) is 25.4. The summed E-state index contributed by atoms with van der Waals surface area (Å²) >= 11 is 0. The first-order valence-electron chi connectivity index (χ1n) is 13.6. The molecule has 5 rings (SSSR count). The summed E-state index contributed by atoms with van der Waals surface area (Å²) in [6, 6.07) is 3.49. The molecule has 0 radical (unpaired) electrons. The Labute approximate surface area is 213 Å². The number of fused-ring (bicyclic) bond motifs is 5. The molecule has 1 aromatic heterocycles. The number of Topliss-reactive ketones (excluding diaryl/α,β-unsaturated/α-hetero) is 1. The molecule has 1 heterocycles. The average Bonchev–Trinajstić information content (AvgIpc) is 3.15. The highest BCUT2D eigenvalue weighted by atomic mass is 16.5. The number of hydrogen-bond donors (Lipinski definition) is 1. The summed E-state index contributed by atoms with van der Waals surface area (Å²) in [7, 11) is 0. The van der Waals surface area contributed by atoms with Crippen molar-refractivity contribution in [2.75, 3.05) is 6.61 Å². The lowest BCUT2D eigenvalue weighted by molar-refractivity contribution is -0.176. The Hall–Kier alpha value is -2.28. The van der Waals surface area contributed by atoms with E-state index in [1.807, 2.05) is 0 Å². The van der Waals surface area contributed by atoms with Crippen molar-refractivity contribution < 1.29 is 29.0 Å². The molecule has 7 nitrogen and oxygen atoms in total. The Morgan fingerprint density at radius 3 is 2.56 bits per heavy atom. The molecule has 0 aromatic carbocycles. The normalized spacial score (nSPS) is 41.4. The third kappa shape index (κ3) is 3.98. The van der Waals surface area contributed by atoms with Gasteiger partial charge in [0.05, 0.1) is 5.56 Å². The Kier molecular flexibility index (Phi) is 6.51. The zero-order chi connectivity index (χ0) is 25.7. The summed E-state index contributed by atoms with van der Waals surface area (Å²) < 4.78 is 10.9. The largest absolute Gasteiger partial charge is 0.459 e. The zero-order valence-corrected chi connectivity index (χ0v) is 21.7. The molecule has 4 aliphatic rings. The van der Waals surface area contributed by atoms with Crippen molar-refractivity contribution in [3.63, 3.8) is 0 Å². The number of carbonyl (C=O) groups excluding carboxylic acids is 3. The first-order chi connectivity index (χ1) is 17.1. The van der Waals surface area contributed by atoms with Gasteiger partial charge in [0.15, 0.2) is 6.61 Å². The van der Waals surface area contributed by atoms with Crippen molar-refractivity contribution in [1.82, 2.24) is 4.98 Å². The van der Waals surface area contributed by atoms with Gasteiger partial charge in [0, 0.05) is 24.7 Å². The third-order valence-corrected chi connectivity index (χ3v) is 10.8. The van der Waals surface area contributed by atoms with Crippen molar-refractivity contribution >= 4 is 17.7 Å². The number of aromatic nitrogens is 1. The van der Waals surface area contributed by atoms with Crippen molar-refractivity contribution in [2.45, 2.75) is 90.3 Å². The monoisotopic (exact) mass is 497 g/mol. The van der Waals surface area contributed by atoms with Crippen molar-refractivity contribution in [1.29, 1.82) is 0 Å². The van der Waals surface area contributed by atoms with Gasteiger partial charge in [-0.1, -0.05) is 13.8 Å². The second-order valence-corrected chi connectivity index (χ2v) is 12.3. The van der Waals surface area contributed by atoms with Gasteiger partial charge in [-0.05, 0) is 99.0 Å². The van der Waals surface area contributed by atoms with E-state index in [0.717, 1.165) is 51.4 Å². The van der Waals surface area contributed by atoms with Gasteiger partial charge in [0.1, 0.15) is 11.7 Å². The highest BCUT2D eigenvalue weighted by Gasteiger charge is 2.66. The molecule has 0 spiro atoms. The van der Waals surface area contributed by atoms with E-state index in [-0.39, 0.29) is 29.9 Å². The maximum Gasteiger partial charge on any atom is 0.339 e. The molecule has 7 heteroatoms. The summed E-state index contributed by atoms with van der Waals surface area (Å²) in [6.07, 6.45) is 11.2. The van der Waals surface area contributed by atoms with Crippen LogP contribution >= 0.6 is 0 Å². The van der Waals surface area contributed by atoms with Crippen LogP contribution in [0.3, 0.4) is 0 Å². The van der Waals surface area contributed by atoms with Crippen LogP contribution in [0.5, 0.6) is 0 Å². The van der Waals surface area contributed by atoms with Gasteiger partial charge >= 0.3 is 11.9 Å². The fourth-order valence-electron chi connectivity index (χ4n) is 8.79. The fraction of sp³-hybridized carbons (Fsp3) is 0.724. The molecule has 0 bridgehead atoms. The quantitative estimate of drug-likeness (QED) is 0.597. The lowest BCUT2D eigenvalue weighted by atomic mass is 9.44. The van der Waals surface area contributed by atoms with Crippen molar-refractivity contribution in [2.24, 2.45) is 34.5 Å². The van der Waals surface area contributed by atoms with E-state index in [1.54, 1.807) is 24.5 Å². The average molecular weight is 498 g/mol. The summed E-state index contributed by atoms with van der Waals surface area (Å²) in [6.45, 7) is 5.47. The number of ketones is 1. The minimum Gasteiger partial charge on any atom is -0.459 e. The summed E-state index contributed by atoms with van der Waals surface area (Å²) in [5.41, 5.74) is -1.22. The van der Waals surface area contributed by atoms with Crippen LogP contribution < -0.4 is 0 Å². The van der Waals surface area contributed by atoms with Gasteiger partial charge < -0.3 is 14.6 Å². The molecule has 196 valence electrons. The Morgan fingerprint density at radius 1 is 1.06 bits per heavy atom. The maximum absolute atomic E-state index is 13.0. The molecular weight excluding hydrogens is 458 g/mol. The maximum atomic E-state index is 13.0. The zero-order valence-electron chi connectivity index (χ0n) is 21.7. The molecule has 1 aromatic rings. The summed E-state index contributed by atoms with van der Waals surface area (Å²) in [4.78, 5) is 40.9. The van der Waals surface area contributed by atoms with Crippen LogP contribution in [-0.4, -0.2) is 46.1 Å². The second kappa shape index (κ2) is 9.23. The smallest absolute Gasteiger partial charge is 0.339 e. The molecule has 4 aliphatic carbocycles. The lowest BCUT2D eigenvalue weighted by Gasteiger charge is -2.61. The topological polar surface area (TPSA) is 103 Å². The van der Waals surface area contributed by atoms with Gasteiger partial charge in [-0.2, -0.15) is 0 Å². The van der Waals surface area contributed by atoms with E-state index in [4.69, 9.17) is 9.47 Å². The third-order valence-electron chi connectivity index (χ3n) is 10.8. The van der Waals surface area contributed by atoms with E-state index in [0.29, 0.717) is 35.7 Å². The predicted octanol–water partition coefficient (Wildman–Crippen LogP) is 4.51.